The molecule has 8 atom stereocenters. The van der Waals surface area contributed by atoms with Gasteiger partial charge in [0.05, 0.1) is 12.0 Å². The molecule has 3 rings (SSSR count). The highest BCUT2D eigenvalue weighted by atomic mass is 16.6. The summed E-state index contributed by atoms with van der Waals surface area (Å²) in [4.78, 5) is 38.9. The van der Waals surface area contributed by atoms with Crippen molar-refractivity contribution in [1.82, 2.24) is 0 Å². The zero-order chi connectivity index (χ0) is 23.0. The Morgan fingerprint density at radius 1 is 1.10 bits per heavy atom. The molecular weight excluding hydrogens is 392 g/mol. The summed E-state index contributed by atoms with van der Waals surface area (Å²) in [5, 5.41) is 44.2. The Kier molecular flexibility index (Phi) is 5.34. The molecule has 0 heterocycles. The van der Waals surface area contributed by atoms with Crippen molar-refractivity contribution in [1.29, 1.82) is 0 Å². The van der Waals surface area contributed by atoms with Crippen LogP contribution in [0.25, 0.3) is 0 Å². The Labute approximate surface area is 175 Å². The van der Waals surface area contributed by atoms with Gasteiger partial charge in [-0.05, 0) is 30.4 Å². The van der Waals surface area contributed by atoms with E-state index in [4.69, 9.17) is 4.74 Å². The van der Waals surface area contributed by atoms with Crippen molar-refractivity contribution in [3.05, 3.63) is 11.1 Å². The van der Waals surface area contributed by atoms with E-state index in [-0.39, 0.29) is 18.4 Å². The second-order valence-corrected chi connectivity index (χ2v) is 9.98. The minimum Gasteiger partial charge on any atom is -0.459 e. The van der Waals surface area contributed by atoms with Crippen LogP contribution in [0.2, 0.25) is 0 Å². The largest absolute Gasteiger partial charge is 0.459 e. The number of carbonyl (C=O) groups excluding carboxylic acids is 3. The van der Waals surface area contributed by atoms with Crippen LogP contribution in [0.4, 0.5) is 0 Å². The van der Waals surface area contributed by atoms with E-state index in [9.17, 15) is 34.8 Å². The quantitative estimate of drug-likeness (QED) is 0.348. The Morgan fingerprint density at radius 2 is 1.67 bits per heavy atom. The van der Waals surface area contributed by atoms with Crippen LogP contribution < -0.4 is 0 Å². The normalized spacial score (nSPS) is 46.1. The predicted molar refractivity (Wildman–Crippen MR) is 105 cm³/mol. The fourth-order valence-corrected chi connectivity index (χ4v) is 6.05. The number of ether oxygens (including phenoxy) is 1. The lowest BCUT2D eigenvalue weighted by molar-refractivity contribution is -0.227. The van der Waals surface area contributed by atoms with Gasteiger partial charge in [0.2, 0.25) is 0 Å². The van der Waals surface area contributed by atoms with Crippen molar-refractivity contribution in [2.75, 3.05) is 0 Å². The average Bonchev–Trinajstić information content (AvgIpc) is 2.62. The van der Waals surface area contributed by atoms with Gasteiger partial charge in [-0.2, -0.15) is 0 Å². The highest BCUT2D eigenvalue weighted by molar-refractivity contribution is 6.00. The van der Waals surface area contributed by atoms with Gasteiger partial charge in [0.1, 0.15) is 23.9 Å². The number of Topliss-reactive ketones (excluding diaryl/α,β-unsaturated/α-hetero) is 2. The van der Waals surface area contributed by atoms with Gasteiger partial charge in [0, 0.05) is 24.2 Å². The number of rotatable bonds is 1. The lowest BCUT2D eigenvalue weighted by Crippen LogP contribution is -2.72. The maximum absolute atomic E-state index is 13.7. The maximum Gasteiger partial charge on any atom is 0.303 e. The Morgan fingerprint density at radius 3 is 2.20 bits per heavy atom. The predicted octanol–water partition coefficient (Wildman–Crippen LogP) is 0.292. The number of esters is 1. The molecule has 0 aromatic rings. The Balaban J connectivity index is 2.41. The number of hydrogen-bond acceptors (Lipinski definition) is 8. The summed E-state index contributed by atoms with van der Waals surface area (Å²) in [6.07, 6.45) is -5.98. The molecule has 8 heteroatoms. The van der Waals surface area contributed by atoms with Crippen molar-refractivity contribution >= 4 is 17.5 Å². The second-order valence-electron chi connectivity index (χ2n) is 9.98. The van der Waals surface area contributed by atoms with Crippen LogP contribution in [0, 0.1) is 22.7 Å². The molecule has 3 aliphatic carbocycles. The molecule has 8 nitrogen and oxygen atoms in total. The fourth-order valence-electron chi connectivity index (χ4n) is 6.05. The maximum atomic E-state index is 13.7. The van der Waals surface area contributed by atoms with Crippen molar-refractivity contribution < 1.29 is 39.5 Å². The first-order valence-electron chi connectivity index (χ1n) is 10.3. The topological polar surface area (TPSA) is 141 Å². The molecule has 2 bridgehead atoms. The molecule has 30 heavy (non-hydrogen) atoms. The Bertz CT molecular complexity index is 829. The Hall–Kier alpha value is -1.61. The average molecular weight is 424 g/mol. The van der Waals surface area contributed by atoms with Crippen LogP contribution in [0.15, 0.2) is 11.1 Å². The first-order valence-corrected chi connectivity index (χ1v) is 10.3. The van der Waals surface area contributed by atoms with Crippen LogP contribution in [0.5, 0.6) is 0 Å². The molecular formula is C22H32O8. The molecule has 0 aliphatic heterocycles. The third kappa shape index (κ3) is 2.77. The van der Waals surface area contributed by atoms with Gasteiger partial charge in [-0.1, -0.05) is 27.7 Å². The van der Waals surface area contributed by atoms with Crippen LogP contribution in [-0.2, 0) is 19.1 Å². The standard InChI is InChI=1S/C22H32O8/c1-9-7-12(24)16(26)15-19(30-11(3)23)22(29)8-13(25)10(2)14(20(22,4)5)17(27)18(28)21(9,15)6/h9,12-13,15,17,19,24-25,27,29H,7-8H2,1-6H3/t9?,12-,13-,15?,17+,19-,21+,22+/m0/s1. The van der Waals surface area contributed by atoms with Gasteiger partial charge in [0.25, 0.3) is 0 Å². The first kappa shape index (κ1) is 23.1. The molecule has 0 aromatic heterocycles. The van der Waals surface area contributed by atoms with Crippen LogP contribution >= 0.6 is 0 Å². The van der Waals surface area contributed by atoms with Crippen molar-refractivity contribution in [3.63, 3.8) is 0 Å². The number of ketones is 2. The van der Waals surface area contributed by atoms with E-state index in [1.54, 1.807) is 27.7 Å². The third-order valence-corrected chi connectivity index (χ3v) is 8.19. The highest BCUT2D eigenvalue weighted by Gasteiger charge is 2.70. The zero-order valence-corrected chi connectivity index (χ0v) is 18.3. The van der Waals surface area contributed by atoms with E-state index < -0.39 is 70.2 Å². The molecule has 4 N–H and O–H groups in total. The van der Waals surface area contributed by atoms with Crippen molar-refractivity contribution in [3.8, 4) is 0 Å². The van der Waals surface area contributed by atoms with Crippen molar-refractivity contribution in [2.24, 2.45) is 22.7 Å². The molecule has 2 saturated carbocycles. The minimum absolute atomic E-state index is 0.0135. The van der Waals surface area contributed by atoms with Crippen LogP contribution in [-0.4, -0.2) is 68.0 Å². The van der Waals surface area contributed by atoms with Crippen LogP contribution in [0.1, 0.15) is 54.4 Å². The van der Waals surface area contributed by atoms with Crippen LogP contribution in [0.3, 0.4) is 0 Å². The molecule has 2 fully saturated rings. The smallest absolute Gasteiger partial charge is 0.303 e. The lowest BCUT2D eigenvalue weighted by atomic mass is 9.46. The molecule has 2 unspecified atom stereocenters. The number of aliphatic hydroxyl groups is 4. The van der Waals surface area contributed by atoms with E-state index in [1.165, 1.54) is 6.92 Å². The lowest BCUT2D eigenvalue weighted by Gasteiger charge is -2.60. The number of carbonyl (C=O) groups is 3. The van der Waals surface area contributed by atoms with Crippen molar-refractivity contribution in [2.45, 2.75) is 84.4 Å². The van der Waals surface area contributed by atoms with E-state index in [0.717, 1.165) is 6.92 Å². The molecule has 3 aliphatic rings. The third-order valence-electron chi connectivity index (χ3n) is 8.19. The molecule has 0 radical (unpaired) electrons. The summed E-state index contributed by atoms with van der Waals surface area (Å²) in [7, 11) is 0. The fraction of sp³-hybridized carbons (Fsp3) is 0.773. The minimum atomic E-state index is -1.97. The second kappa shape index (κ2) is 6.95. The summed E-state index contributed by atoms with van der Waals surface area (Å²) < 4.78 is 5.53. The monoisotopic (exact) mass is 424 g/mol. The van der Waals surface area contributed by atoms with Gasteiger partial charge in [-0.15, -0.1) is 0 Å². The molecule has 0 amide bonds. The first-order chi connectivity index (χ1) is 13.6. The van der Waals surface area contributed by atoms with E-state index in [0.29, 0.717) is 5.57 Å². The molecule has 168 valence electrons. The van der Waals surface area contributed by atoms with E-state index >= 15 is 0 Å². The summed E-state index contributed by atoms with van der Waals surface area (Å²) in [6.45, 7) is 9.15. The summed E-state index contributed by atoms with van der Waals surface area (Å²) >= 11 is 0. The SMILES string of the molecule is CC(=O)O[C@H]1C2C(=O)[C@@H](O)CC(C)[C@@]2(C)C(=O)[C@H](O)C2=C(C)[C@@H](O)C[C@]1(O)C2(C)C. The number of hydrogen-bond donors (Lipinski definition) is 4. The highest BCUT2D eigenvalue weighted by Crippen LogP contribution is 2.59. The summed E-state index contributed by atoms with van der Waals surface area (Å²) in [6, 6.07) is 0. The molecule has 0 spiro atoms. The van der Waals surface area contributed by atoms with Gasteiger partial charge in [-0.3, -0.25) is 14.4 Å². The molecule has 0 saturated heterocycles. The van der Waals surface area contributed by atoms with E-state index in [2.05, 4.69) is 0 Å². The molecule has 0 aromatic carbocycles. The van der Waals surface area contributed by atoms with Gasteiger partial charge in [-0.25, -0.2) is 0 Å². The zero-order valence-electron chi connectivity index (χ0n) is 18.3. The summed E-state index contributed by atoms with van der Waals surface area (Å²) in [5.41, 5.74) is -4.21. The number of fused-ring (bicyclic) bond motifs is 3. The van der Waals surface area contributed by atoms with E-state index in [1.807, 2.05) is 0 Å². The summed E-state index contributed by atoms with van der Waals surface area (Å²) in [5.74, 6) is -4.03. The van der Waals surface area contributed by atoms with Gasteiger partial charge in [0.15, 0.2) is 11.6 Å². The number of aliphatic hydroxyl groups excluding tert-OH is 3. The van der Waals surface area contributed by atoms with Gasteiger partial charge < -0.3 is 25.2 Å². The van der Waals surface area contributed by atoms with Gasteiger partial charge >= 0.3 is 5.97 Å².